The molecule has 0 radical (unpaired) electrons. The van der Waals surface area contributed by atoms with Gasteiger partial charge in [-0.2, -0.15) is 0 Å². The number of aromatic nitrogens is 4. The van der Waals surface area contributed by atoms with Crippen LogP contribution < -0.4 is 5.32 Å². The van der Waals surface area contributed by atoms with Gasteiger partial charge in [0.2, 0.25) is 11.7 Å². The Bertz CT molecular complexity index is 1060. The minimum Gasteiger partial charge on any atom is -0.324 e. The molecule has 0 spiro atoms. The van der Waals surface area contributed by atoms with Gasteiger partial charge in [0, 0.05) is 18.1 Å². The van der Waals surface area contributed by atoms with Crippen LogP contribution >= 0.6 is 11.3 Å². The first-order valence-corrected chi connectivity index (χ1v) is 10.9. The van der Waals surface area contributed by atoms with Crippen LogP contribution in [0.2, 0.25) is 0 Å². The molecule has 0 saturated carbocycles. The van der Waals surface area contributed by atoms with Gasteiger partial charge in [-0.25, -0.2) is 14.6 Å². The molecule has 9 heteroatoms. The van der Waals surface area contributed by atoms with E-state index in [2.05, 4.69) is 40.3 Å². The summed E-state index contributed by atoms with van der Waals surface area (Å²) in [6.07, 6.45) is 3.00. The number of likely N-dealkylation sites (tertiary alicyclic amines) is 1. The van der Waals surface area contributed by atoms with Crippen LogP contribution in [0.3, 0.4) is 0 Å². The minimum atomic E-state index is -0.545. The summed E-state index contributed by atoms with van der Waals surface area (Å²) >= 11 is 1.35. The maximum absolute atomic E-state index is 13.2. The third-order valence-corrected chi connectivity index (χ3v) is 5.91. The van der Waals surface area contributed by atoms with Gasteiger partial charge in [0.05, 0.1) is 5.69 Å². The van der Waals surface area contributed by atoms with Crippen molar-refractivity contribution in [3.8, 4) is 5.69 Å². The molecule has 3 aromatic rings. The van der Waals surface area contributed by atoms with Gasteiger partial charge in [-0.1, -0.05) is 32.0 Å². The molecule has 156 valence electrons. The Morgan fingerprint density at radius 2 is 2.07 bits per heavy atom. The molecule has 1 N–H and O–H groups in total. The number of carbonyl (C=O) groups excluding carboxylic acids is 2. The maximum atomic E-state index is 13.2. The summed E-state index contributed by atoms with van der Waals surface area (Å²) in [6.45, 7) is 6.57. The average Bonchev–Trinajstić information content (AvgIpc) is 3.48. The lowest BCUT2D eigenvalue weighted by atomic mass is 10.0. The summed E-state index contributed by atoms with van der Waals surface area (Å²) in [5.41, 5.74) is 2.04. The number of hydrogen-bond donors (Lipinski definition) is 1. The number of amides is 2. The highest BCUT2D eigenvalue weighted by molar-refractivity contribution is 7.13. The summed E-state index contributed by atoms with van der Waals surface area (Å²) in [4.78, 5) is 35.9. The number of nitrogens with zero attached hydrogens (tertiary/aromatic N) is 5. The number of benzene rings is 1. The zero-order valence-corrected chi connectivity index (χ0v) is 18.0. The first-order chi connectivity index (χ1) is 14.5. The van der Waals surface area contributed by atoms with E-state index in [1.165, 1.54) is 11.3 Å². The Kier molecular flexibility index (Phi) is 5.63. The van der Waals surface area contributed by atoms with Crippen LogP contribution in [0.1, 0.15) is 54.6 Å². The number of nitrogens with one attached hydrogen (secondary N) is 1. The summed E-state index contributed by atoms with van der Waals surface area (Å²) in [5, 5.41) is 9.62. The van der Waals surface area contributed by atoms with Crippen LogP contribution in [-0.2, 0) is 4.79 Å². The van der Waals surface area contributed by atoms with Gasteiger partial charge >= 0.3 is 0 Å². The zero-order chi connectivity index (χ0) is 21.3. The predicted molar refractivity (Wildman–Crippen MR) is 115 cm³/mol. The lowest BCUT2D eigenvalue weighted by molar-refractivity contribution is -0.119. The number of rotatable bonds is 5. The fourth-order valence-electron chi connectivity index (χ4n) is 3.76. The normalized spacial score (nSPS) is 16.3. The number of carbonyl (C=O) groups is 2. The molecule has 8 nitrogen and oxygen atoms in total. The van der Waals surface area contributed by atoms with Crippen LogP contribution in [0.4, 0.5) is 5.13 Å². The molecule has 1 saturated heterocycles. The number of thiazole rings is 1. The molecule has 4 rings (SSSR count). The summed E-state index contributed by atoms with van der Waals surface area (Å²) in [7, 11) is 0. The van der Waals surface area contributed by atoms with E-state index in [4.69, 9.17) is 0 Å². The fourth-order valence-corrected chi connectivity index (χ4v) is 4.29. The number of anilines is 1. The Morgan fingerprint density at radius 1 is 1.27 bits per heavy atom. The molecular formula is C21H24N6O2S. The van der Waals surface area contributed by atoms with Gasteiger partial charge < -0.3 is 10.2 Å². The Labute approximate surface area is 179 Å². The van der Waals surface area contributed by atoms with Crippen molar-refractivity contribution < 1.29 is 9.59 Å². The van der Waals surface area contributed by atoms with Crippen molar-refractivity contribution in [1.29, 1.82) is 0 Å². The van der Waals surface area contributed by atoms with Crippen molar-refractivity contribution in [3.05, 3.63) is 53.1 Å². The minimum absolute atomic E-state index is 0.111. The standard InChI is InChI=1S/C21H24N6O2S/c1-13(2)15-7-4-5-8-16(15)27-14(3)23-18(25-27)20(29)26-11-6-9-17(26)19(28)24-21-22-10-12-30-21/h4-5,7-8,10,12-13,17H,6,9,11H2,1-3H3,(H,22,24,28)/t17-/m1/s1. The van der Waals surface area contributed by atoms with Gasteiger partial charge in [-0.05, 0) is 37.3 Å². The first-order valence-electron chi connectivity index (χ1n) is 10.00. The molecule has 1 aliphatic heterocycles. The van der Waals surface area contributed by atoms with Crippen LogP contribution in [0.25, 0.3) is 5.69 Å². The highest BCUT2D eigenvalue weighted by Gasteiger charge is 2.36. The van der Waals surface area contributed by atoms with E-state index in [0.29, 0.717) is 29.8 Å². The molecule has 2 amide bonds. The van der Waals surface area contributed by atoms with Gasteiger partial charge in [-0.15, -0.1) is 16.4 Å². The van der Waals surface area contributed by atoms with Crippen LogP contribution in [-0.4, -0.2) is 49.0 Å². The van der Waals surface area contributed by atoms with Crippen molar-refractivity contribution in [2.24, 2.45) is 0 Å². The molecule has 0 bridgehead atoms. The molecule has 1 aromatic carbocycles. The largest absolute Gasteiger partial charge is 0.324 e. The summed E-state index contributed by atoms with van der Waals surface area (Å²) in [6, 6.07) is 7.43. The monoisotopic (exact) mass is 424 g/mol. The van der Waals surface area contributed by atoms with Crippen LogP contribution in [0.5, 0.6) is 0 Å². The Hall–Kier alpha value is -3.07. The number of hydrogen-bond acceptors (Lipinski definition) is 6. The highest BCUT2D eigenvalue weighted by atomic mass is 32.1. The van der Waals surface area contributed by atoms with Crippen molar-refractivity contribution >= 4 is 28.3 Å². The van der Waals surface area contributed by atoms with Crippen molar-refractivity contribution in [3.63, 3.8) is 0 Å². The summed E-state index contributed by atoms with van der Waals surface area (Å²) in [5.74, 6) is 0.503. The molecule has 0 aliphatic carbocycles. The lowest BCUT2D eigenvalue weighted by Gasteiger charge is -2.22. The molecule has 1 fully saturated rings. The quantitative estimate of drug-likeness (QED) is 0.678. The van der Waals surface area contributed by atoms with Gasteiger partial charge in [0.25, 0.3) is 5.91 Å². The van der Waals surface area contributed by atoms with E-state index in [0.717, 1.165) is 17.7 Å². The molecular weight excluding hydrogens is 400 g/mol. The molecule has 1 atom stereocenters. The van der Waals surface area contributed by atoms with Gasteiger partial charge in [-0.3, -0.25) is 9.59 Å². The van der Waals surface area contributed by atoms with E-state index < -0.39 is 6.04 Å². The van der Waals surface area contributed by atoms with Crippen molar-refractivity contribution in [2.45, 2.75) is 45.6 Å². The lowest BCUT2D eigenvalue weighted by Crippen LogP contribution is -2.43. The number of para-hydroxylation sites is 1. The van der Waals surface area contributed by atoms with E-state index >= 15 is 0 Å². The van der Waals surface area contributed by atoms with Crippen molar-refractivity contribution in [1.82, 2.24) is 24.6 Å². The van der Waals surface area contributed by atoms with Gasteiger partial charge in [0.15, 0.2) is 5.13 Å². The smallest absolute Gasteiger partial charge is 0.294 e. The van der Waals surface area contributed by atoms with Crippen molar-refractivity contribution in [2.75, 3.05) is 11.9 Å². The SMILES string of the molecule is Cc1nc(C(=O)N2CCC[C@@H]2C(=O)Nc2nccs2)nn1-c1ccccc1C(C)C. The number of aryl methyl sites for hydroxylation is 1. The van der Waals surface area contributed by atoms with E-state index in [1.54, 1.807) is 21.2 Å². The Balaban J connectivity index is 1.58. The first kappa shape index (κ1) is 20.2. The molecule has 30 heavy (non-hydrogen) atoms. The third-order valence-electron chi connectivity index (χ3n) is 5.23. The topological polar surface area (TPSA) is 93.0 Å². The average molecular weight is 425 g/mol. The van der Waals surface area contributed by atoms with Gasteiger partial charge in [0.1, 0.15) is 11.9 Å². The third kappa shape index (κ3) is 3.85. The predicted octanol–water partition coefficient (Wildman–Crippen LogP) is 3.40. The fraction of sp³-hybridized carbons (Fsp3) is 0.381. The summed E-state index contributed by atoms with van der Waals surface area (Å²) < 4.78 is 1.71. The molecule has 2 aromatic heterocycles. The van der Waals surface area contributed by atoms with E-state index in [-0.39, 0.29) is 17.6 Å². The van der Waals surface area contributed by atoms with Crippen LogP contribution in [0.15, 0.2) is 35.8 Å². The molecule has 3 heterocycles. The van der Waals surface area contributed by atoms with Crippen LogP contribution in [0, 0.1) is 6.92 Å². The molecule has 0 unspecified atom stereocenters. The molecule has 1 aliphatic rings. The maximum Gasteiger partial charge on any atom is 0.294 e. The second-order valence-corrected chi connectivity index (χ2v) is 8.49. The second-order valence-electron chi connectivity index (χ2n) is 7.59. The Morgan fingerprint density at radius 3 is 2.80 bits per heavy atom. The highest BCUT2D eigenvalue weighted by Crippen LogP contribution is 2.25. The van der Waals surface area contributed by atoms with E-state index in [9.17, 15) is 9.59 Å². The zero-order valence-electron chi connectivity index (χ0n) is 17.2. The second kappa shape index (κ2) is 8.35. The van der Waals surface area contributed by atoms with E-state index in [1.807, 2.05) is 25.1 Å².